The fraction of sp³-hybridized carbons (Fsp3) is 1.00. The molecule has 3 heteroatoms. The predicted octanol–water partition coefficient (Wildman–Crippen LogP) is 5.28. The predicted molar refractivity (Wildman–Crippen MR) is 57.9 cm³/mol. The Morgan fingerprint density at radius 2 is 0.538 bits per heavy atom. The van der Waals surface area contributed by atoms with Gasteiger partial charge in [0.05, 0.1) is 0 Å². The first-order valence-corrected chi connectivity index (χ1v) is 11.0. The van der Waals surface area contributed by atoms with E-state index in [2.05, 4.69) is 0 Å². The molecule has 0 amide bonds. The van der Waals surface area contributed by atoms with Gasteiger partial charge in [-0.05, 0) is 0 Å². The van der Waals surface area contributed by atoms with Crippen LogP contribution in [-0.4, -0.2) is 0 Å². The van der Waals surface area contributed by atoms with Crippen LogP contribution in [0.5, 0.6) is 0 Å². The molecular weight excluding hydrogens is 284 g/mol. The molecule has 0 atom stereocenters. The van der Waals surface area contributed by atoms with Crippen molar-refractivity contribution in [1.29, 1.82) is 0 Å². The molecular formula is C10H20Cl2Nb. The zero-order chi connectivity index (χ0) is 9.78. The third kappa shape index (κ3) is 13.3. The average molecular weight is 304 g/mol. The minimum absolute atomic E-state index is 0.706. The molecule has 0 aromatic carbocycles. The van der Waals surface area contributed by atoms with Gasteiger partial charge in [0.25, 0.3) is 0 Å². The zero-order valence-electron chi connectivity index (χ0n) is 8.27. The van der Waals surface area contributed by atoms with Crippen molar-refractivity contribution in [2.75, 3.05) is 0 Å². The van der Waals surface area contributed by atoms with Crippen LogP contribution < -0.4 is 0 Å². The Hall–Kier alpha value is 1.32. The van der Waals surface area contributed by atoms with E-state index in [-0.39, 0.29) is 0 Å². The van der Waals surface area contributed by atoms with E-state index in [1.54, 1.807) is 0 Å². The molecule has 2 rings (SSSR count). The molecule has 2 aliphatic rings. The van der Waals surface area contributed by atoms with Gasteiger partial charge in [0.15, 0.2) is 0 Å². The second-order valence-electron chi connectivity index (χ2n) is 3.60. The Bertz CT molecular complexity index is 55.8. The van der Waals surface area contributed by atoms with Crippen molar-refractivity contribution in [2.24, 2.45) is 0 Å². The molecule has 0 aliphatic heterocycles. The van der Waals surface area contributed by atoms with E-state index in [1.165, 1.54) is 64.2 Å². The van der Waals surface area contributed by atoms with Crippen molar-refractivity contribution >= 4 is 18.4 Å². The summed E-state index contributed by atoms with van der Waals surface area (Å²) in [6.07, 6.45) is 15.0. The van der Waals surface area contributed by atoms with Crippen molar-refractivity contribution in [3.05, 3.63) is 0 Å². The van der Waals surface area contributed by atoms with Crippen LogP contribution in [0.25, 0.3) is 0 Å². The summed E-state index contributed by atoms with van der Waals surface area (Å²) in [7, 11) is 9.83. The molecule has 0 nitrogen and oxygen atoms in total. The van der Waals surface area contributed by atoms with Crippen LogP contribution in [0.2, 0.25) is 0 Å². The van der Waals surface area contributed by atoms with Gasteiger partial charge in [0, 0.05) is 0 Å². The summed E-state index contributed by atoms with van der Waals surface area (Å²) in [6, 6.07) is 0. The molecule has 13 heavy (non-hydrogen) atoms. The maximum atomic E-state index is 4.91. The van der Waals surface area contributed by atoms with Gasteiger partial charge in [-0.2, -0.15) is 0 Å². The van der Waals surface area contributed by atoms with Gasteiger partial charge in [0.2, 0.25) is 0 Å². The van der Waals surface area contributed by atoms with Crippen LogP contribution in [0, 0.1) is 0 Å². The molecule has 2 aliphatic carbocycles. The molecule has 0 bridgehead atoms. The second-order valence-corrected chi connectivity index (χ2v) is 6.94. The summed E-state index contributed by atoms with van der Waals surface area (Å²) in [5.41, 5.74) is 0. The van der Waals surface area contributed by atoms with Crippen molar-refractivity contribution in [1.82, 2.24) is 0 Å². The van der Waals surface area contributed by atoms with Crippen LogP contribution in [0.3, 0.4) is 0 Å². The van der Waals surface area contributed by atoms with Crippen LogP contribution in [0.4, 0.5) is 0 Å². The van der Waals surface area contributed by atoms with Gasteiger partial charge in [-0.1, -0.05) is 64.2 Å². The summed E-state index contributed by atoms with van der Waals surface area (Å²) >= 11 is -0.706. The Balaban J connectivity index is 0.000000174. The molecule has 2 saturated carbocycles. The number of hydrogen-bond acceptors (Lipinski definition) is 0. The van der Waals surface area contributed by atoms with E-state index in [1.807, 2.05) is 0 Å². The van der Waals surface area contributed by atoms with Crippen LogP contribution >= 0.6 is 18.4 Å². The third-order valence-electron chi connectivity index (χ3n) is 2.50. The first kappa shape index (κ1) is 14.3. The van der Waals surface area contributed by atoms with E-state index in [4.69, 9.17) is 18.4 Å². The Morgan fingerprint density at radius 3 is 0.615 bits per heavy atom. The maximum absolute atomic E-state index is 4.91. The van der Waals surface area contributed by atoms with Gasteiger partial charge in [0.1, 0.15) is 0 Å². The Kier molecular flexibility index (Phi) is 14.7. The minimum atomic E-state index is -0.706. The normalized spacial score (nSPS) is 19.5. The standard InChI is InChI=1S/2C5H10.2ClH.Nb/c2*1-2-4-5-3-1;;;/h2*1-5H2;2*1H;/q;;;;+2/p-2. The van der Waals surface area contributed by atoms with Crippen molar-refractivity contribution in [3.8, 4) is 0 Å². The number of rotatable bonds is 0. The van der Waals surface area contributed by atoms with Crippen molar-refractivity contribution in [3.63, 3.8) is 0 Å². The van der Waals surface area contributed by atoms with Crippen LogP contribution in [0.15, 0.2) is 0 Å². The van der Waals surface area contributed by atoms with Crippen molar-refractivity contribution < 1.29 is 17.6 Å². The number of hydrogen-bond donors (Lipinski definition) is 0. The molecule has 2 fully saturated rings. The van der Waals surface area contributed by atoms with Crippen molar-refractivity contribution in [2.45, 2.75) is 64.2 Å². The van der Waals surface area contributed by atoms with E-state index >= 15 is 0 Å². The molecule has 0 unspecified atom stereocenters. The third-order valence-corrected chi connectivity index (χ3v) is 2.50. The quantitative estimate of drug-likeness (QED) is 0.534. The molecule has 0 N–H and O–H groups in total. The molecule has 79 valence electrons. The van der Waals surface area contributed by atoms with E-state index < -0.39 is 17.6 Å². The van der Waals surface area contributed by atoms with E-state index in [0.29, 0.717) is 0 Å². The first-order chi connectivity index (χ1) is 6.41. The van der Waals surface area contributed by atoms with Crippen LogP contribution in [-0.2, 0) is 17.6 Å². The summed E-state index contributed by atoms with van der Waals surface area (Å²) in [5, 5.41) is 0. The molecule has 0 saturated heterocycles. The SMILES string of the molecule is C1CCCC1.C1CCCC1.[Cl][Nb][Cl]. The Morgan fingerprint density at radius 1 is 0.462 bits per heavy atom. The van der Waals surface area contributed by atoms with Crippen LogP contribution in [0.1, 0.15) is 64.2 Å². The molecule has 0 aromatic rings. The zero-order valence-corrected chi connectivity index (χ0v) is 12.0. The first-order valence-electron chi connectivity index (χ1n) is 5.34. The summed E-state index contributed by atoms with van der Waals surface area (Å²) in [5.74, 6) is 0. The summed E-state index contributed by atoms with van der Waals surface area (Å²) in [4.78, 5) is 0. The summed E-state index contributed by atoms with van der Waals surface area (Å²) < 4.78 is 0. The fourth-order valence-corrected chi connectivity index (χ4v) is 1.77. The topological polar surface area (TPSA) is 0 Å². The van der Waals surface area contributed by atoms with Gasteiger partial charge in [-0.25, -0.2) is 0 Å². The van der Waals surface area contributed by atoms with Gasteiger partial charge >= 0.3 is 36.0 Å². The monoisotopic (exact) mass is 303 g/mol. The van der Waals surface area contributed by atoms with Gasteiger partial charge in [-0.3, -0.25) is 0 Å². The van der Waals surface area contributed by atoms with Gasteiger partial charge in [-0.15, -0.1) is 0 Å². The molecule has 0 aromatic heterocycles. The van der Waals surface area contributed by atoms with Gasteiger partial charge < -0.3 is 0 Å². The molecule has 0 heterocycles. The van der Waals surface area contributed by atoms with E-state index in [0.717, 1.165) is 0 Å². The fourth-order valence-electron chi connectivity index (χ4n) is 1.77. The Labute approximate surface area is 99.7 Å². The summed E-state index contributed by atoms with van der Waals surface area (Å²) in [6.45, 7) is 0. The second kappa shape index (κ2) is 13.3. The molecule has 0 spiro atoms. The van der Waals surface area contributed by atoms with E-state index in [9.17, 15) is 0 Å². The number of halogens is 2. The molecule has 0 radical (unpaired) electrons. The average Bonchev–Trinajstić information content (AvgIpc) is 2.85.